The molecule has 78 heavy (non-hydrogen) atoms. The molecule has 3 radical (unpaired) electrons. The Morgan fingerprint density at radius 1 is 0.731 bits per heavy atom. The number of ketones is 1. The molecule has 0 bridgehead atoms. The molecule has 2 saturated carbocycles. The molecule has 8 rings (SSSR count). The van der Waals surface area contributed by atoms with E-state index < -0.39 is 17.9 Å². The van der Waals surface area contributed by atoms with Crippen molar-refractivity contribution < 1.29 is 91.4 Å². The third-order valence-corrected chi connectivity index (χ3v) is 12.5. The van der Waals surface area contributed by atoms with Crippen molar-refractivity contribution in [3.63, 3.8) is 0 Å². The van der Waals surface area contributed by atoms with Gasteiger partial charge in [-0.25, -0.2) is 38.1 Å². The summed E-state index contributed by atoms with van der Waals surface area (Å²) in [4.78, 5) is 113. The second-order valence-corrected chi connectivity index (χ2v) is 18.3. The van der Waals surface area contributed by atoms with Crippen LogP contribution in [0.15, 0.2) is 70.5 Å². The minimum absolute atomic E-state index is 0. The van der Waals surface area contributed by atoms with Crippen LogP contribution in [-0.2, 0) is 60.8 Å². The summed E-state index contributed by atoms with van der Waals surface area (Å²) in [5.74, 6) is -0.307. The monoisotopic (exact) mass is 1100 g/mol. The Kier molecular flexibility index (Phi) is 31.4. The summed E-state index contributed by atoms with van der Waals surface area (Å²) in [7, 11) is 6.73. The fraction of sp³-hybridized carbons (Fsp3) is 0.509. The van der Waals surface area contributed by atoms with Crippen LogP contribution in [0.4, 0.5) is 20.4 Å². The third-order valence-electron chi connectivity index (χ3n) is 12.5. The SMILES string of the molecule is CC(=O)C1CCN(c2nc(CCC=O)c[nH]c2=O)CC1.CC(=O)OOC(C)=O.CO.COC(=O)C1CCN(c2nc(CCCN[C@@H]3C[C@H]3c3ccc(F)cc3)c[nH]c2=O)CC1.N[C@@H]1C[C@H]1c1ccc(F)cc1.[B-]OC(C)=O.[Na+]. The van der Waals surface area contributed by atoms with Gasteiger partial charge in [0.25, 0.3) is 11.1 Å². The molecule has 21 nitrogen and oxygen atoms in total. The van der Waals surface area contributed by atoms with Crippen LogP contribution >= 0.6 is 0 Å². The Labute approximate surface area is 475 Å². The molecule has 4 fully saturated rings. The Morgan fingerprint density at radius 3 is 1.54 bits per heavy atom. The van der Waals surface area contributed by atoms with Gasteiger partial charge in [-0.2, -0.15) is 0 Å². The molecule has 2 aromatic heterocycles. The maximum atomic E-state index is 13.0. The average Bonchev–Trinajstić information content (AvgIpc) is 4.38. The van der Waals surface area contributed by atoms with E-state index in [0.717, 1.165) is 78.0 Å². The van der Waals surface area contributed by atoms with Crippen molar-refractivity contribution in [2.45, 2.75) is 116 Å². The number of nitrogens with one attached hydrogen (secondary N) is 3. The first-order valence-electron chi connectivity index (χ1n) is 25.2. The predicted octanol–water partition coefficient (Wildman–Crippen LogP) is 0.997. The van der Waals surface area contributed by atoms with Crippen LogP contribution in [0.25, 0.3) is 0 Å². The van der Waals surface area contributed by atoms with E-state index in [0.29, 0.717) is 93.1 Å². The quantitative estimate of drug-likeness (QED) is 0.0294. The number of esters is 1. The first kappa shape index (κ1) is 67.9. The van der Waals surface area contributed by atoms with Crippen molar-refractivity contribution in [3.8, 4) is 0 Å². The number of nitrogens with zero attached hydrogens (tertiary/aromatic N) is 4. The number of anilines is 2. The van der Waals surface area contributed by atoms with Crippen LogP contribution in [0.2, 0.25) is 0 Å². The summed E-state index contributed by atoms with van der Waals surface area (Å²) in [5, 5.41) is 10.6. The molecular weight excluding hydrogens is 1030 g/mol. The van der Waals surface area contributed by atoms with Gasteiger partial charge in [-0.15, -0.1) is 0 Å². The number of H-pyrrole nitrogens is 2. The smallest absolute Gasteiger partial charge is 0.793 e. The second-order valence-electron chi connectivity index (χ2n) is 18.3. The van der Waals surface area contributed by atoms with Crippen molar-refractivity contribution in [1.29, 1.82) is 0 Å². The molecule has 4 aliphatic rings. The van der Waals surface area contributed by atoms with Gasteiger partial charge in [-0.05, 0) is 107 Å². The molecule has 4 heterocycles. The zero-order chi connectivity index (χ0) is 57.0. The molecule has 2 aliphatic heterocycles. The maximum absolute atomic E-state index is 13.0. The first-order valence-corrected chi connectivity index (χ1v) is 25.2. The van der Waals surface area contributed by atoms with E-state index in [2.05, 4.69) is 47.7 Å². The number of aliphatic hydroxyl groups excluding tert-OH is 1. The Hall–Kier alpha value is -6.18. The topological polar surface area (TPSA) is 296 Å². The number of piperidine rings is 2. The molecular formula is C53H71BF2N8NaO13. The number of aryl methyl sites for hydroxylation is 2. The zero-order valence-corrected chi connectivity index (χ0v) is 47.5. The van der Waals surface area contributed by atoms with Crippen molar-refractivity contribution in [1.82, 2.24) is 25.3 Å². The number of carbonyl (C=O) groups excluding carboxylic acids is 6. The molecule has 2 aromatic carbocycles. The van der Waals surface area contributed by atoms with Crippen molar-refractivity contribution in [2.24, 2.45) is 17.6 Å². The summed E-state index contributed by atoms with van der Waals surface area (Å²) in [5.41, 5.74) is 9.14. The van der Waals surface area contributed by atoms with E-state index in [1.54, 1.807) is 19.3 Å². The van der Waals surface area contributed by atoms with Crippen LogP contribution in [0, 0.1) is 23.5 Å². The molecule has 0 unspecified atom stereocenters. The van der Waals surface area contributed by atoms with Gasteiger partial charge in [-0.3, -0.25) is 24.0 Å². The number of aromatic nitrogens is 4. The van der Waals surface area contributed by atoms with Crippen LogP contribution in [0.3, 0.4) is 0 Å². The van der Waals surface area contributed by atoms with Crippen LogP contribution in [-0.4, -0.2) is 128 Å². The number of ether oxygens (including phenoxy) is 1. The zero-order valence-electron chi connectivity index (χ0n) is 45.5. The number of benzene rings is 2. The van der Waals surface area contributed by atoms with Crippen LogP contribution < -0.4 is 61.5 Å². The number of methoxy groups -OCH3 is 1. The van der Waals surface area contributed by atoms with E-state index in [9.17, 15) is 47.1 Å². The van der Waals surface area contributed by atoms with Gasteiger partial charge in [-0.1, -0.05) is 24.3 Å². The van der Waals surface area contributed by atoms with E-state index in [-0.39, 0.29) is 75.9 Å². The average molecular weight is 1100 g/mol. The van der Waals surface area contributed by atoms with Gasteiger partial charge in [0, 0.05) is 103 Å². The van der Waals surface area contributed by atoms with Gasteiger partial charge in [0.2, 0.25) is 5.97 Å². The largest absolute Gasteiger partial charge is 1.00 e. The van der Waals surface area contributed by atoms with E-state index in [1.807, 2.05) is 34.1 Å². The molecule has 4 aromatic rings. The summed E-state index contributed by atoms with van der Waals surface area (Å²) >= 11 is 0. The number of aldehydes is 1. The normalized spacial score (nSPS) is 17.9. The molecule has 4 atom stereocenters. The summed E-state index contributed by atoms with van der Waals surface area (Å²) in [6, 6.07) is 14.1. The van der Waals surface area contributed by atoms with Gasteiger partial charge < -0.3 is 58.2 Å². The molecule has 6 N–H and O–H groups in total. The van der Waals surface area contributed by atoms with Crippen LogP contribution in [0.1, 0.15) is 113 Å². The van der Waals surface area contributed by atoms with Gasteiger partial charge in [0.1, 0.15) is 23.7 Å². The predicted molar refractivity (Wildman–Crippen MR) is 281 cm³/mol. The molecule has 0 spiro atoms. The van der Waals surface area contributed by atoms with Crippen molar-refractivity contribution in [3.05, 3.63) is 116 Å². The van der Waals surface area contributed by atoms with Crippen molar-refractivity contribution >= 4 is 55.6 Å². The van der Waals surface area contributed by atoms with Crippen LogP contribution in [0.5, 0.6) is 0 Å². The maximum Gasteiger partial charge on any atom is 1.00 e. The number of aromatic amines is 2. The van der Waals surface area contributed by atoms with E-state index in [4.69, 9.17) is 15.6 Å². The fourth-order valence-electron chi connectivity index (χ4n) is 8.23. The number of hydrogen-bond acceptors (Lipinski definition) is 19. The first-order chi connectivity index (χ1) is 36.8. The molecule has 2 aliphatic carbocycles. The number of rotatable bonds is 14. The van der Waals surface area contributed by atoms with Gasteiger partial charge in [0.05, 0.1) is 24.4 Å². The Bertz CT molecular complexity index is 2600. The summed E-state index contributed by atoms with van der Waals surface area (Å²) in [6.45, 7) is 8.57. The van der Waals surface area contributed by atoms with Crippen molar-refractivity contribution in [2.75, 3.05) is 56.7 Å². The standard InChI is InChI=1S/C23H29FN4O3.C14H19N3O3.C9H10FN.C4H6O4.C2H3BO2.CH4O.Na/c1-31-23(30)16-8-11-28(12-9-16)21-22(29)26-14-18(27-21)3-2-10-25-20-13-19(20)15-4-6-17(24)7-5-15;1-10(19)11-4-6-17(7-5-11)13-14(20)15-9-12(16-13)3-2-8-18;10-7-3-1-6(2-4-7)8-5-9(8)11;1-3(5)7-8-4(2)6;1-2(4)5-3;1-2;/h4-7,14,16,19-20,25H,2-3,8-13H2,1H3,(H,26,29);8-9,11H,2-7H2,1H3,(H,15,20);1-4,8-9H,5,11H2;1-2H3;1H3;2H,1H3;/q;;;;-1;;+1/t19-,20+;;8-,9+;;;;/m0.0..../s1. The molecule has 2 saturated heterocycles. The van der Waals surface area contributed by atoms with E-state index in [1.165, 1.54) is 49.4 Å². The minimum Gasteiger partial charge on any atom is -0.793 e. The third kappa shape index (κ3) is 24.7. The summed E-state index contributed by atoms with van der Waals surface area (Å²) < 4.78 is 33.9. The second kappa shape index (κ2) is 36.1. The number of aliphatic hydroxyl groups is 1. The van der Waals surface area contributed by atoms with E-state index >= 15 is 0 Å². The number of nitrogens with two attached hydrogens (primary N) is 1. The Balaban J connectivity index is 0.000000377. The summed E-state index contributed by atoms with van der Waals surface area (Å²) in [6.07, 6.45) is 11.6. The van der Waals surface area contributed by atoms with Gasteiger partial charge >= 0.3 is 47.5 Å². The van der Waals surface area contributed by atoms with Gasteiger partial charge in [0.15, 0.2) is 11.6 Å². The fourth-order valence-corrected chi connectivity index (χ4v) is 8.23. The molecule has 25 heteroatoms. The number of Topliss-reactive ketones (excluding diaryl/α,β-unsaturated/α-hetero) is 1. The molecule has 419 valence electrons. The number of carbonyl (C=O) groups is 6. The number of halogens is 2. The number of hydrogen-bond donors (Lipinski definition) is 5. The minimum atomic E-state index is -0.639. The molecule has 0 amide bonds. The Morgan fingerprint density at radius 2 is 1.15 bits per heavy atom.